The molecule has 1 N–H and O–H groups in total. The Balaban J connectivity index is 1.88. The number of ether oxygens (including phenoxy) is 1. The molecule has 0 bridgehead atoms. The molecule has 2 aromatic heterocycles. The van der Waals surface area contributed by atoms with Crippen molar-refractivity contribution in [1.29, 1.82) is 0 Å². The summed E-state index contributed by atoms with van der Waals surface area (Å²) in [7, 11) is 1.58. The summed E-state index contributed by atoms with van der Waals surface area (Å²) in [6, 6.07) is 14.5. The molecular formula is C21H21N5O3S. The van der Waals surface area contributed by atoms with Crippen molar-refractivity contribution in [2.45, 2.75) is 18.5 Å². The number of methoxy groups -OCH3 is 1. The van der Waals surface area contributed by atoms with Crippen LogP contribution in [-0.2, 0) is 4.79 Å². The Hall–Kier alpha value is -3.33. The van der Waals surface area contributed by atoms with Crippen molar-refractivity contribution >= 4 is 34.3 Å². The van der Waals surface area contributed by atoms with Crippen molar-refractivity contribution in [1.82, 2.24) is 24.5 Å². The summed E-state index contributed by atoms with van der Waals surface area (Å²) in [5, 5.41) is 12.5. The van der Waals surface area contributed by atoms with Gasteiger partial charge in [-0.15, -0.1) is 10.2 Å². The van der Waals surface area contributed by atoms with Crippen molar-refractivity contribution in [2.24, 2.45) is 0 Å². The predicted molar refractivity (Wildman–Crippen MR) is 117 cm³/mol. The maximum atomic E-state index is 13.3. The van der Waals surface area contributed by atoms with Crippen LogP contribution in [0.5, 0.6) is 5.75 Å². The number of carbonyl (C=O) groups excluding carboxylic acids is 1. The van der Waals surface area contributed by atoms with Crippen LogP contribution in [0.4, 0.5) is 0 Å². The summed E-state index contributed by atoms with van der Waals surface area (Å²) in [5.41, 5.74) is 1.12. The third kappa shape index (κ3) is 3.63. The van der Waals surface area contributed by atoms with Crippen LogP contribution in [0, 0.1) is 0 Å². The molecule has 4 rings (SSSR count). The topological polar surface area (TPSA) is 90.5 Å². The SMILES string of the molecule is CCCNC(=O)CSc1nnc2n(-c3cccc(OC)c3)c(=O)c3ccccc3n12. The number of hydrogen-bond donors (Lipinski definition) is 1. The number of rotatable bonds is 7. The highest BCUT2D eigenvalue weighted by atomic mass is 32.2. The molecule has 0 fully saturated rings. The molecule has 0 aliphatic heterocycles. The second-order valence-corrected chi connectivity index (χ2v) is 7.56. The highest BCUT2D eigenvalue weighted by Gasteiger charge is 2.18. The van der Waals surface area contributed by atoms with Gasteiger partial charge in [-0.25, -0.2) is 4.57 Å². The molecule has 8 nitrogen and oxygen atoms in total. The number of amides is 1. The van der Waals surface area contributed by atoms with E-state index in [1.165, 1.54) is 16.3 Å². The number of benzene rings is 2. The molecule has 154 valence electrons. The zero-order chi connectivity index (χ0) is 21.1. The molecule has 4 aromatic rings. The lowest BCUT2D eigenvalue weighted by Gasteiger charge is -2.12. The van der Waals surface area contributed by atoms with Gasteiger partial charge in [-0.05, 0) is 30.7 Å². The van der Waals surface area contributed by atoms with Gasteiger partial charge in [0.2, 0.25) is 11.7 Å². The lowest BCUT2D eigenvalue weighted by molar-refractivity contribution is -0.118. The number of para-hydroxylation sites is 1. The summed E-state index contributed by atoms with van der Waals surface area (Å²) in [5.74, 6) is 1.16. The lowest BCUT2D eigenvalue weighted by Crippen LogP contribution is -2.25. The number of aromatic nitrogens is 4. The molecule has 2 aromatic carbocycles. The highest BCUT2D eigenvalue weighted by molar-refractivity contribution is 7.99. The number of hydrogen-bond acceptors (Lipinski definition) is 6. The van der Waals surface area contributed by atoms with E-state index in [2.05, 4.69) is 15.5 Å². The first-order chi connectivity index (χ1) is 14.6. The predicted octanol–water partition coefficient (Wildman–Crippen LogP) is 2.66. The average Bonchev–Trinajstić information content (AvgIpc) is 3.20. The van der Waals surface area contributed by atoms with Gasteiger partial charge in [-0.2, -0.15) is 0 Å². The Kier molecular flexibility index (Phi) is 5.71. The molecule has 2 heterocycles. The van der Waals surface area contributed by atoms with Gasteiger partial charge in [0.15, 0.2) is 5.16 Å². The normalized spacial score (nSPS) is 11.1. The van der Waals surface area contributed by atoms with Gasteiger partial charge >= 0.3 is 0 Å². The van der Waals surface area contributed by atoms with Gasteiger partial charge in [-0.3, -0.25) is 14.0 Å². The van der Waals surface area contributed by atoms with Crippen LogP contribution in [0.2, 0.25) is 0 Å². The Labute approximate surface area is 176 Å². The molecule has 0 spiro atoms. The fourth-order valence-corrected chi connectivity index (χ4v) is 3.97. The summed E-state index contributed by atoms with van der Waals surface area (Å²) in [6.07, 6.45) is 0.877. The second kappa shape index (κ2) is 8.58. The Morgan fingerprint density at radius 3 is 2.80 bits per heavy atom. The van der Waals surface area contributed by atoms with Gasteiger partial charge in [0.1, 0.15) is 5.75 Å². The highest BCUT2D eigenvalue weighted by Crippen LogP contribution is 2.24. The summed E-state index contributed by atoms with van der Waals surface area (Å²) in [4.78, 5) is 25.4. The fraction of sp³-hybridized carbons (Fsp3) is 0.238. The molecule has 0 aliphatic rings. The second-order valence-electron chi connectivity index (χ2n) is 6.62. The van der Waals surface area contributed by atoms with Crippen LogP contribution in [0.1, 0.15) is 13.3 Å². The third-order valence-electron chi connectivity index (χ3n) is 4.61. The summed E-state index contributed by atoms with van der Waals surface area (Å²) in [6.45, 7) is 2.64. The molecule has 0 saturated carbocycles. The molecular weight excluding hydrogens is 402 g/mol. The van der Waals surface area contributed by atoms with Crippen LogP contribution < -0.4 is 15.6 Å². The summed E-state index contributed by atoms with van der Waals surface area (Å²) >= 11 is 1.28. The van der Waals surface area contributed by atoms with E-state index in [0.717, 1.165) is 6.42 Å². The average molecular weight is 423 g/mol. The number of carbonyl (C=O) groups is 1. The molecule has 1 amide bonds. The molecule has 9 heteroatoms. The van der Waals surface area contributed by atoms with Crippen LogP contribution in [0.25, 0.3) is 22.4 Å². The first kappa shape index (κ1) is 20.0. The van der Waals surface area contributed by atoms with Crippen molar-refractivity contribution < 1.29 is 9.53 Å². The minimum Gasteiger partial charge on any atom is -0.497 e. The maximum absolute atomic E-state index is 13.3. The Morgan fingerprint density at radius 2 is 2.00 bits per heavy atom. The number of fused-ring (bicyclic) bond motifs is 3. The van der Waals surface area contributed by atoms with E-state index < -0.39 is 0 Å². The van der Waals surface area contributed by atoms with E-state index in [9.17, 15) is 9.59 Å². The fourth-order valence-electron chi connectivity index (χ4n) is 3.20. The maximum Gasteiger partial charge on any atom is 0.267 e. The van der Waals surface area contributed by atoms with E-state index in [1.807, 2.05) is 47.7 Å². The quantitative estimate of drug-likeness (QED) is 0.460. The number of nitrogens with zero attached hydrogens (tertiary/aromatic N) is 4. The van der Waals surface area contributed by atoms with Crippen molar-refractivity contribution in [3.63, 3.8) is 0 Å². The van der Waals surface area contributed by atoms with Gasteiger partial charge in [-0.1, -0.05) is 36.9 Å². The van der Waals surface area contributed by atoms with Crippen molar-refractivity contribution in [2.75, 3.05) is 19.4 Å². The van der Waals surface area contributed by atoms with Gasteiger partial charge in [0, 0.05) is 12.6 Å². The Bertz CT molecular complexity index is 1280. The molecule has 0 saturated heterocycles. The smallest absolute Gasteiger partial charge is 0.267 e. The van der Waals surface area contributed by atoms with E-state index in [0.29, 0.717) is 39.8 Å². The lowest BCUT2D eigenvalue weighted by atomic mass is 10.2. The van der Waals surface area contributed by atoms with Gasteiger partial charge in [0.05, 0.1) is 29.5 Å². The van der Waals surface area contributed by atoms with Crippen molar-refractivity contribution in [3.8, 4) is 11.4 Å². The van der Waals surface area contributed by atoms with Crippen LogP contribution >= 0.6 is 11.8 Å². The molecule has 0 radical (unpaired) electrons. The van der Waals surface area contributed by atoms with E-state index in [1.54, 1.807) is 19.2 Å². The Morgan fingerprint density at radius 1 is 1.17 bits per heavy atom. The monoisotopic (exact) mass is 423 g/mol. The van der Waals surface area contributed by atoms with E-state index >= 15 is 0 Å². The van der Waals surface area contributed by atoms with Crippen LogP contribution in [0.3, 0.4) is 0 Å². The van der Waals surface area contributed by atoms with E-state index in [-0.39, 0.29) is 17.2 Å². The zero-order valence-corrected chi connectivity index (χ0v) is 17.5. The van der Waals surface area contributed by atoms with Gasteiger partial charge in [0.25, 0.3) is 5.56 Å². The molecule has 0 aliphatic carbocycles. The first-order valence-corrected chi connectivity index (χ1v) is 10.6. The third-order valence-corrected chi connectivity index (χ3v) is 5.54. The van der Waals surface area contributed by atoms with Crippen molar-refractivity contribution in [3.05, 3.63) is 58.9 Å². The number of nitrogens with one attached hydrogen (secondary N) is 1. The molecule has 0 unspecified atom stereocenters. The number of thioether (sulfide) groups is 1. The molecule has 30 heavy (non-hydrogen) atoms. The van der Waals surface area contributed by atoms with Crippen LogP contribution in [-0.4, -0.2) is 44.5 Å². The standard InChI is InChI=1S/C21H21N5O3S/c1-3-11-22-18(27)13-30-21-24-23-20-25(14-7-6-8-15(12-14)29-2)19(28)16-9-4-5-10-17(16)26(20)21/h4-10,12H,3,11,13H2,1-2H3,(H,22,27). The van der Waals surface area contributed by atoms with E-state index in [4.69, 9.17) is 4.74 Å². The first-order valence-electron chi connectivity index (χ1n) is 9.57. The zero-order valence-electron chi connectivity index (χ0n) is 16.7. The minimum atomic E-state index is -0.198. The summed E-state index contributed by atoms with van der Waals surface area (Å²) < 4.78 is 8.64. The largest absolute Gasteiger partial charge is 0.497 e. The van der Waals surface area contributed by atoms with Gasteiger partial charge < -0.3 is 10.1 Å². The van der Waals surface area contributed by atoms with Crippen LogP contribution in [0.15, 0.2) is 58.5 Å². The molecule has 0 atom stereocenters. The minimum absolute atomic E-state index is 0.0657.